The second-order valence-electron chi connectivity index (χ2n) is 3.99. The molecule has 0 bridgehead atoms. The summed E-state index contributed by atoms with van der Waals surface area (Å²) in [6.07, 6.45) is 1.31. The van der Waals surface area contributed by atoms with Crippen LogP contribution in [0.25, 0.3) is 0 Å². The molecule has 1 aromatic rings. The minimum Gasteiger partial charge on any atom is -0.348 e. The van der Waals surface area contributed by atoms with Crippen LogP contribution in [0.5, 0.6) is 0 Å². The van der Waals surface area contributed by atoms with Gasteiger partial charge in [-0.15, -0.1) is 0 Å². The zero-order valence-corrected chi connectivity index (χ0v) is 10.4. The molecule has 5 heteroatoms. The van der Waals surface area contributed by atoms with Gasteiger partial charge in [0.05, 0.1) is 22.2 Å². The fraction of sp³-hybridized carbons (Fsp3) is 0.333. The lowest BCUT2D eigenvalue weighted by Crippen LogP contribution is -2.38. The smallest absolute Gasteiger partial charge is 0.237 e. The number of piperidine rings is 1. The van der Waals surface area contributed by atoms with Gasteiger partial charge in [0.1, 0.15) is 5.92 Å². The van der Waals surface area contributed by atoms with Crippen LogP contribution >= 0.6 is 23.2 Å². The summed E-state index contributed by atoms with van der Waals surface area (Å²) in [5.74, 6) is -0.746. The maximum absolute atomic E-state index is 11.6. The van der Waals surface area contributed by atoms with E-state index in [1.54, 1.807) is 12.1 Å². The van der Waals surface area contributed by atoms with Gasteiger partial charge in [0.2, 0.25) is 5.91 Å². The molecule has 1 aliphatic heterocycles. The maximum atomic E-state index is 11.6. The molecule has 0 saturated carbocycles. The van der Waals surface area contributed by atoms with Crippen LogP contribution in [-0.2, 0) is 4.79 Å². The molecule has 1 aromatic carbocycles. The second-order valence-corrected chi connectivity index (χ2v) is 4.81. The number of carbonyl (C=O) groups excluding carboxylic acids is 1. The van der Waals surface area contributed by atoms with Gasteiger partial charge in [0.25, 0.3) is 0 Å². The van der Waals surface area contributed by atoms with Gasteiger partial charge < -0.3 is 5.32 Å². The molecule has 3 nitrogen and oxygen atoms in total. The van der Waals surface area contributed by atoms with Crippen LogP contribution < -0.4 is 5.32 Å². The van der Waals surface area contributed by atoms with Crippen molar-refractivity contribution in [3.8, 4) is 6.07 Å². The lowest BCUT2D eigenvalue weighted by Gasteiger charge is -2.26. The molecule has 1 amide bonds. The fourth-order valence-electron chi connectivity index (χ4n) is 1.91. The van der Waals surface area contributed by atoms with E-state index in [1.807, 2.05) is 12.1 Å². The summed E-state index contributed by atoms with van der Waals surface area (Å²) < 4.78 is 0. The highest BCUT2D eigenvalue weighted by Gasteiger charge is 2.28. The number of carbonyl (C=O) groups is 1. The molecule has 88 valence electrons. The Morgan fingerprint density at radius 2 is 2.06 bits per heavy atom. The molecule has 1 heterocycles. The Morgan fingerprint density at radius 3 is 2.65 bits per heavy atom. The zero-order valence-electron chi connectivity index (χ0n) is 8.91. The van der Waals surface area contributed by atoms with Gasteiger partial charge >= 0.3 is 0 Å². The number of nitrogens with zero attached hydrogens (tertiary/aromatic N) is 1. The number of hydrogen-bond donors (Lipinski definition) is 1. The Kier molecular flexibility index (Phi) is 3.56. The van der Waals surface area contributed by atoms with Crippen LogP contribution in [0.3, 0.4) is 0 Å². The molecule has 0 radical (unpaired) electrons. The van der Waals surface area contributed by atoms with Crippen LogP contribution in [0, 0.1) is 17.2 Å². The highest BCUT2D eigenvalue weighted by molar-refractivity contribution is 6.42. The third-order valence-corrected chi connectivity index (χ3v) is 3.62. The lowest BCUT2D eigenvalue weighted by molar-refractivity contribution is -0.126. The Hall–Kier alpha value is -1.24. The van der Waals surface area contributed by atoms with Crippen molar-refractivity contribution >= 4 is 29.1 Å². The van der Waals surface area contributed by atoms with Crippen LogP contribution in [0.2, 0.25) is 10.0 Å². The van der Waals surface area contributed by atoms with Crippen LogP contribution in [0.1, 0.15) is 24.4 Å². The van der Waals surface area contributed by atoms with E-state index >= 15 is 0 Å². The molecule has 1 fully saturated rings. The fourth-order valence-corrected chi connectivity index (χ4v) is 2.22. The summed E-state index contributed by atoms with van der Waals surface area (Å²) in [6.45, 7) is 0. The van der Waals surface area contributed by atoms with Crippen molar-refractivity contribution < 1.29 is 4.79 Å². The van der Waals surface area contributed by atoms with Crippen LogP contribution in [0.15, 0.2) is 18.2 Å². The highest BCUT2D eigenvalue weighted by Crippen LogP contribution is 2.30. The summed E-state index contributed by atoms with van der Waals surface area (Å²) in [7, 11) is 0. The monoisotopic (exact) mass is 268 g/mol. The minimum absolute atomic E-state index is 0.0816. The van der Waals surface area contributed by atoms with E-state index in [4.69, 9.17) is 28.5 Å². The van der Waals surface area contributed by atoms with Crippen molar-refractivity contribution in [1.82, 2.24) is 5.32 Å². The van der Waals surface area contributed by atoms with E-state index in [9.17, 15) is 4.79 Å². The summed E-state index contributed by atoms with van der Waals surface area (Å²) in [5, 5.41) is 12.5. The Bertz CT molecular complexity index is 496. The van der Waals surface area contributed by atoms with Gasteiger partial charge in [-0.05, 0) is 30.5 Å². The topological polar surface area (TPSA) is 52.9 Å². The first-order chi connectivity index (χ1) is 8.11. The van der Waals surface area contributed by atoms with Crippen molar-refractivity contribution in [2.45, 2.75) is 18.9 Å². The lowest BCUT2D eigenvalue weighted by atomic mass is 9.91. The molecular weight excluding hydrogens is 259 g/mol. The van der Waals surface area contributed by atoms with Crippen molar-refractivity contribution in [2.75, 3.05) is 0 Å². The maximum Gasteiger partial charge on any atom is 0.237 e. The van der Waals surface area contributed by atoms with Gasteiger partial charge in [-0.3, -0.25) is 4.79 Å². The summed E-state index contributed by atoms with van der Waals surface area (Å²) in [6, 6.07) is 7.21. The zero-order chi connectivity index (χ0) is 12.4. The first-order valence-corrected chi connectivity index (χ1v) is 6.02. The van der Waals surface area contributed by atoms with E-state index in [1.165, 1.54) is 0 Å². The molecule has 17 heavy (non-hydrogen) atoms. The van der Waals surface area contributed by atoms with Gasteiger partial charge in [-0.1, -0.05) is 29.3 Å². The number of amides is 1. The number of nitrogens with one attached hydrogen (secondary N) is 1. The van der Waals surface area contributed by atoms with Gasteiger partial charge in [-0.25, -0.2) is 0 Å². The third-order valence-electron chi connectivity index (χ3n) is 2.88. The van der Waals surface area contributed by atoms with Gasteiger partial charge in [0, 0.05) is 0 Å². The third kappa shape index (κ3) is 2.54. The summed E-state index contributed by atoms with van der Waals surface area (Å²) in [4.78, 5) is 11.6. The molecule has 0 aromatic heterocycles. The number of nitriles is 1. The molecule has 1 aliphatic rings. The number of benzene rings is 1. The second kappa shape index (κ2) is 4.95. The minimum atomic E-state index is -0.533. The Balaban J connectivity index is 2.17. The van der Waals surface area contributed by atoms with Crippen molar-refractivity contribution in [3.05, 3.63) is 33.8 Å². The Labute approximate surface area is 109 Å². The standard InChI is InChI=1S/C12H10Cl2N2O/c13-9-3-1-7(5-10(9)14)11-4-2-8(6-15)12(17)16-11/h1,3,5,8,11H,2,4H2,(H,16,17). The normalized spacial score (nSPS) is 23.9. The van der Waals surface area contributed by atoms with Gasteiger partial charge in [-0.2, -0.15) is 5.26 Å². The average Bonchev–Trinajstić information content (AvgIpc) is 2.32. The van der Waals surface area contributed by atoms with Crippen molar-refractivity contribution in [3.63, 3.8) is 0 Å². The average molecular weight is 269 g/mol. The largest absolute Gasteiger partial charge is 0.348 e. The van der Waals surface area contributed by atoms with Crippen LogP contribution in [-0.4, -0.2) is 5.91 Å². The van der Waals surface area contributed by atoms with E-state index in [-0.39, 0.29) is 11.9 Å². The highest BCUT2D eigenvalue weighted by atomic mass is 35.5. The SMILES string of the molecule is N#CC1CCC(c2ccc(Cl)c(Cl)c2)NC1=O. The predicted molar refractivity (Wildman–Crippen MR) is 65.7 cm³/mol. The predicted octanol–water partition coefficient (Wildman–Crippen LogP) is 3.08. The molecular formula is C12H10Cl2N2O. The first-order valence-electron chi connectivity index (χ1n) is 5.26. The van der Waals surface area contributed by atoms with Crippen molar-refractivity contribution in [2.24, 2.45) is 5.92 Å². The molecule has 0 spiro atoms. The van der Waals surface area contributed by atoms with Gasteiger partial charge in [0.15, 0.2) is 0 Å². The number of rotatable bonds is 1. The molecule has 1 N–H and O–H groups in total. The molecule has 0 aliphatic carbocycles. The van der Waals surface area contributed by atoms with E-state index in [0.29, 0.717) is 16.5 Å². The summed E-state index contributed by atoms with van der Waals surface area (Å²) >= 11 is 11.8. The summed E-state index contributed by atoms with van der Waals surface area (Å²) in [5.41, 5.74) is 0.920. The first kappa shape index (κ1) is 12.2. The van der Waals surface area contributed by atoms with E-state index in [0.717, 1.165) is 12.0 Å². The van der Waals surface area contributed by atoms with Crippen LogP contribution in [0.4, 0.5) is 0 Å². The Morgan fingerprint density at radius 1 is 1.29 bits per heavy atom. The molecule has 1 saturated heterocycles. The molecule has 2 unspecified atom stereocenters. The molecule has 2 rings (SSSR count). The number of hydrogen-bond acceptors (Lipinski definition) is 2. The molecule has 2 atom stereocenters. The van der Waals surface area contributed by atoms with E-state index < -0.39 is 5.92 Å². The van der Waals surface area contributed by atoms with Crippen molar-refractivity contribution in [1.29, 1.82) is 5.26 Å². The number of halogens is 2. The van der Waals surface area contributed by atoms with E-state index in [2.05, 4.69) is 5.32 Å². The quantitative estimate of drug-likeness (QED) is 0.851.